The highest BCUT2D eigenvalue weighted by atomic mass is 16.5. The summed E-state index contributed by atoms with van der Waals surface area (Å²) in [5.41, 5.74) is 8.15. The summed E-state index contributed by atoms with van der Waals surface area (Å²) >= 11 is 0. The second kappa shape index (κ2) is 7.31. The van der Waals surface area contributed by atoms with Crippen molar-refractivity contribution in [1.82, 2.24) is 0 Å². The molecule has 5 heteroatoms. The van der Waals surface area contributed by atoms with E-state index in [1.165, 1.54) is 0 Å². The SMILES string of the molecule is CCOC(=O)c1ccc(N(CC)CC2CCCO2)c(N)c1. The third-order valence-corrected chi connectivity index (χ3v) is 3.71. The molecule has 0 bridgehead atoms. The first-order valence-electron chi connectivity index (χ1n) is 7.58. The fraction of sp³-hybridized carbons (Fsp3) is 0.562. The van der Waals surface area contributed by atoms with E-state index in [4.69, 9.17) is 15.2 Å². The fourth-order valence-corrected chi connectivity index (χ4v) is 2.62. The predicted molar refractivity (Wildman–Crippen MR) is 83.7 cm³/mol. The van der Waals surface area contributed by atoms with Gasteiger partial charge in [-0.15, -0.1) is 0 Å². The molecule has 0 saturated carbocycles. The third-order valence-electron chi connectivity index (χ3n) is 3.71. The van der Waals surface area contributed by atoms with Gasteiger partial charge in [0, 0.05) is 19.7 Å². The maximum Gasteiger partial charge on any atom is 0.338 e. The molecule has 0 amide bonds. The number of esters is 1. The Balaban J connectivity index is 2.11. The molecule has 1 aromatic carbocycles. The van der Waals surface area contributed by atoms with Crippen molar-refractivity contribution < 1.29 is 14.3 Å². The number of carbonyl (C=O) groups excluding carboxylic acids is 1. The minimum absolute atomic E-state index is 0.272. The normalized spacial score (nSPS) is 17.7. The van der Waals surface area contributed by atoms with Crippen LogP contribution in [0.4, 0.5) is 11.4 Å². The van der Waals surface area contributed by atoms with Crippen LogP contribution < -0.4 is 10.6 Å². The van der Waals surface area contributed by atoms with E-state index in [1.54, 1.807) is 19.1 Å². The molecule has 1 aromatic rings. The molecule has 1 heterocycles. The standard InChI is InChI=1S/C16H24N2O3/c1-3-18(11-13-6-5-9-21-13)15-8-7-12(10-14(15)17)16(19)20-4-2/h7-8,10,13H,3-6,9,11,17H2,1-2H3. The molecular weight excluding hydrogens is 268 g/mol. The Kier molecular flexibility index (Phi) is 5.44. The number of benzene rings is 1. The molecule has 2 rings (SSSR count). The number of likely N-dealkylation sites (N-methyl/N-ethyl adjacent to an activating group) is 1. The minimum Gasteiger partial charge on any atom is -0.462 e. The summed E-state index contributed by atoms with van der Waals surface area (Å²) in [6.45, 7) is 6.77. The summed E-state index contributed by atoms with van der Waals surface area (Å²) in [4.78, 5) is 13.9. The van der Waals surface area contributed by atoms with Gasteiger partial charge in [-0.05, 0) is 44.9 Å². The number of hydrogen-bond acceptors (Lipinski definition) is 5. The smallest absolute Gasteiger partial charge is 0.338 e. The summed E-state index contributed by atoms with van der Waals surface area (Å²) in [7, 11) is 0. The highest BCUT2D eigenvalue weighted by molar-refractivity contribution is 5.92. The fourth-order valence-electron chi connectivity index (χ4n) is 2.62. The molecule has 1 atom stereocenters. The van der Waals surface area contributed by atoms with Crippen molar-refractivity contribution in [3.63, 3.8) is 0 Å². The van der Waals surface area contributed by atoms with Gasteiger partial charge < -0.3 is 20.1 Å². The van der Waals surface area contributed by atoms with Crippen LogP contribution in [0.15, 0.2) is 18.2 Å². The van der Waals surface area contributed by atoms with Gasteiger partial charge in [-0.25, -0.2) is 4.79 Å². The number of anilines is 2. The summed E-state index contributed by atoms with van der Waals surface area (Å²) < 4.78 is 10.7. The number of hydrogen-bond donors (Lipinski definition) is 1. The lowest BCUT2D eigenvalue weighted by atomic mass is 10.1. The average Bonchev–Trinajstić information content (AvgIpc) is 2.98. The highest BCUT2D eigenvalue weighted by Crippen LogP contribution is 2.26. The number of ether oxygens (including phenoxy) is 2. The van der Waals surface area contributed by atoms with E-state index in [1.807, 2.05) is 6.07 Å². The Morgan fingerprint density at radius 3 is 2.86 bits per heavy atom. The Morgan fingerprint density at radius 1 is 1.48 bits per heavy atom. The van der Waals surface area contributed by atoms with Crippen LogP contribution in [0.5, 0.6) is 0 Å². The quantitative estimate of drug-likeness (QED) is 0.644. The molecule has 0 radical (unpaired) electrons. The molecule has 1 saturated heterocycles. The van der Waals surface area contributed by atoms with Crippen LogP contribution in [0.3, 0.4) is 0 Å². The lowest BCUT2D eigenvalue weighted by molar-refractivity contribution is 0.0526. The third kappa shape index (κ3) is 3.88. The molecule has 2 N–H and O–H groups in total. The largest absolute Gasteiger partial charge is 0.462 e. The van der Waals surface area contributed by atoms with Gasteiger partial charge in [0.25, 0.3) is 0 Å². The monoisotopic (exact) mass is 292 g/mol. The number of nitrogens with two attached hydrogens (primary N) is 1. The van der Waals surface area contributed by atoms with Crippen molar-refractivity contribution in [3.8, 4) is 0 Å². The van der Waals surface area contributed by atoms with E-state index in [2.05, 4.69) is 11.8 Å². The van der Waals surface area contributed by atoms with Crippen LogP contribution >= 0.6 is 0 Å². The van der Waals surface area contributed by atoms with Crippen LogP contribution in [0.2, 0.25) is 0 Å². The Labute approximate surface area is 126 Å². The maximum atomic E-state index is 11.7. The zero-order chi connectivity index (χ0) is 15.2. The van der Waals surface area contributed by atoms with Crippen LogP contribution in [-0.4, -0.2) is 38.4 Å². The first kappa shape index (κ1) is 15.6. The molecule has 0 aromatic heterocycles. The van der Waals surface area contributed by atoms with Crippen LogP contribution in [-0.2, 0) is 9.47 Å². The molecule has 5 nitrogen and oxygen atoms in total. The average molecular weight is 292 g/mol. The molecule has 0 spiro atoms. The number of nitrogens with zero attached hydrogens (tertiary/aromatic N) is 1. The van der Waals surface area contributed by atoms with Gasteiger partial charge in [-0.2, -0.15) is 0 Å². The van der Waals surface area contributed by atoms with Crippen molar-refractivity contribution in [2.75, 3.05) is 36.9 Å². The summed E-state index contributed by atoms with van der Waals surface area (Å²) in [5.74, 6) is -0.335. The second-order valence-electron chi connectivity index (χ2n) is 5.17. The van der Waals surface area contributed by atoms with Gasteiger partial charge in [0.15, 0.2) is 0 Å². The minimum atomic E-state index is -0.335. The van der Waals surface area contributed by atoms with E-state index in [9.17, 15) is 4.79 Å². The van der Waals surface area contributed by atoms with Gasteiger partial charge >= 0.3 is 5.97 Å². The zero-order valence-electron chi connectivity index (χ0n) is 12.8. The van der Waals surface area contributed by atoms with Gasteiger partial charge in [0.2, 0.25) is 0 Å². The topological polar surface area (TPSA) is 64.8 Å². The maximum absolute atomic E-state index is 11.7. The van der Waals surface area contributed by atoms with Gasteiger partial charge in [-0.1, -0.05) is 0 Å². The lowest BCUT2D eigenvalue weighted by Crippen LogP contribution is -2.32. The first-order chi connectivity index (χ1) is 10.2. The van der Waals surface area contributed by atoms with E-state index < -0.39 is 0 Å². The lowest BCUT2D eigenvalue weighted by Gasteiger charge is -2.27. The molecule has 1 aliphatic rings. The Bertz CT molecular complexity index is 484. The number of nitrogen functional groups attached to an aromatic ring is 1. The molecular formula is C16H24N2O3. The van der Waals surface area contributed by atoms with E-state index >= 15 is 0 Å². The number of rotatable bonds is 6. The molecule has 1 aliphatic heterocycles. The summed E-state index contributed by atoms with van der Waals surface area (Å²) in [6, 6.07) is 5.34. The van der Waals surface area contributed by atoms with Crippen LogP contribution in [0, 0.1) is 0 Å². The van der Waals surface area contributed by atoms with Crippen molar-refractivity contribution >= 4 is 17.3 Å². The van der Waals surface area contributed by atoms with Crippen molar-refractivity contribution in [2.45, 2.75) is 32.8 Å². The van der Waals surface area contributed by atoms with Crippen LogP contribution in [0.1, 0.15) is 37.0 Å². The molecule has 1 unspecified atom stereocenters. The van der Waals surface area contributed by atoms with E-state index in [0.29, 0.717) is 17.9 Å². The number of carbonyl (C=O) groups is 1. The van der Waals surface area contributed by atoms with Crippen molar-refractivity contribution in [1.29, 1.82) is 0 Å². The zero-order valence-corrected chi connectivity index (χ0v) is 12.8. The predicted octanol–water partition coefficient (Wildman–Crippen LogP) is 2.45. The Morgan fingerprint density at radius 2 is 2.29 bits per heavy atom. The Hall–Kier alpha value is -1.75. The molecule has 1 fully saturated rings. The van der Waals surface area contributed by atoms with Crippen molar-refractivity contribution in [3.05, 3.63) is 23.8 Å². The van der Waals surface area contributed by atoms with E-state index in [-0.39, 0.29) is 12.1 Å². The first-order valence-corrected chi connectivity index (χ1v) is 7.58. The van der Waals surface area contributed by atoms with E-state index in [0.717, 1.165) is 38.2 Å². The van der Waals surface area contributed by atoms with Gasteiger partial charge in [0.1, 0.15) is 0 Å². The highest BCUT2D eigenvalue weighted by Gasteiger charge is 2.20. The molecule has 21 heavy (non-hydrogen) atoms. The van der Waals surface area contributed by atoms with Gasteiger partial charge in [-0.3, -0.25) is 0 Å². The molecule has 116 valence electrons. The van der Waals surface area contributed by atoms with Crippen LogP contribution in [0.25, 0.3) is 0 Å². The summed E-state index contributed by atoms with van der Waals surface area (Å²) in [6.07, 6.45) is 2.49. The summed E-state index contributed by atoms with van der Waals surface area (Å²) in [5, 5.41) is 0. The van der Waals surface area contributed by atoms with Crippen molar-refractivity contribution in [2.24, 2.45) is 0 Å². The molecule has 0 aliphatic carbocycles. The second-order valence-corrected chi connectivity index (χ2v) is 5.17. The van der Waals surface area contributed by atoms with Gasteiger partial charge in [0.05, 0.1) is 29.6 Å².